The van der Waals surface area contributed by atoms with Crippen molar-refractivity contribution in [1.29, 1.82) is 0 Å². The van der Waals surface area contributed by atoms with E-state index in [9.17, 15) is 14.9 Å². The maximum absolute atomic E-state index is 12.3. The Morgan fingerprint density at radius 1 is 1.19 bits per heavy atom. The maximum atomic E-state index is 12.3. The molecule has 2 aromatic rings. The Bertz CT molecular complexity index is 787. The average Bonchev–Trinajstić information content (AvgIpc) is 2.87. The van der Waals surface area contributed by atoms with Crippen molar-refractivity contribution in [1.82, 2.24) is 0 Å². The minimum Gasteiger partial charge on any atom is -0.327 e. The molecule has 21 heavy (non-hydrogen) atoms. The predicted octanol–water partition coefficient (Wildman–Crippen LogP) is 2.61. The van der Waals surface area contributed by atoms with Gasteiger partial charge in [0, 0.05) is 24.2 Å². The summed E-state index contributed by atoms with van der Waals surface area (Å²) in [6.45, 7) is 0. The lowest BCUT2D eigenvalue weighted by molar-refractivity contribution is -0.384. The Kier molecular flexibility index (Phi) is 2.29. The number of anilines is 3. The number of hydrogen-bond donors (Lipinski definition) is 1. The van der Waals surface area contributed by atoms with Crippen molar-refractivity contribution in [2.24, 2.45) is 0 Å². The van der Waals surface area contributed by atoms with Gasteiger partial charge in [0.1, 0.15) is 6.04 Å². The molecule has 2 aliphatic rings. The number of nitro benzene ring substituents is 1. The van der Waals surface area contributed by atoms with Gasteiger partial charge in [-0.05, 0) is 17.7 Å². The van der Waals surface area contributed by atoms with Crippen LogP contribution < -0.4 is 10.2 Å². The Morgan fingerprint density at radius 3 is 2.81 bits per heavy atom. The van der Waals surface area contributed by atoms with Crippen molar-refractivity contribution in [3.05, 3.63) is 58.1 Å². The SMILES string of the molecule is O=C1Nc2cc([N+](=O)[O-])ccc2N2c3ccccc3C[C@@H]12. The number of hydrogen-bond acceptors (Lipinski definition) is 4. The highest BCUT2D eigenvalue weighted by Gasteiger charge is 2.40. The second kappa shape index (κ2) is 4.05. The van der Waals surface area contributed by atoms with Crippen LogP contribution in [0.1, 0.15) is 5.56 Å². The molecule has 1 atom stereocenters. The minimum atomic E-state index is -0.462. The molecule has 2 heterocycles. The summed E-state index contributed by atoms with van der Waals surface area (Å²) < 4.78 is 0. The molecular weight excluding hydrogens is 270 g/mol. The van der Waals surface area contributed by atoms with Crippen LogP contribution in [0.3, 0.4) is 0 Å². The van der Waals surface area contributed by atoms with Crippen LogP contribution in [-0.4, -0.2) is 16.9 Å². The molecule has 4 rings (SSSR count). The molecule has 2 aromatic carbocycles. The van der Waals surface area contributed by atoms with Crippen LogP contribution in [0.2, 0.25) is 0 Å². The molecule has 6 heteroatoms. The summed E-state index contributed by atoms with van der Waals surface area (Å²) in [6, 6.07) is 12.1. The number of nitrogens with one attached hydrogen (secondary N) is 1. The number of non-ortho nitro benzene ring substituents is 1. The van der Waals surface area contributed by atoms with Crippen LogP contribution in [0.15, 0.2) is 42.5 Å². The maximum Gasteiger partial charge on any atom is 0.271 e. The van der Waals surface area contributed by atoms with Crippen molar-refractivity contribution < 1.29 is 9.72 Å². The fraction of sp³-hybridized carbons (Fsp3) is 0.133. The highest BCUT2D eigenvalue weighted by atomic mass is 16.6. The van der Waals surface area contributed by atoms with Gasteiger partial charge < -0.3 is 10.2 Å². The fourth-order valence-electron chi connectivity index (χ4n) is 3.06. The molecule has 0 unspecified atom stereocenters. The van der Waals surface area contributed by atoms with Crippen LogP contribution >= 0.6 is 0 Å². The van der Waals surface area contributed by atoms with Gasteiger partial charge in [-0.25, -0.2) is 0 Å². The molecule has 0 saturated heterocycles. The summed E-state index contributed by atoms with van der Waals surface area (Å²) in [5.41, 5.74) is 3.37. The van der Waals surface area contributed by atoms with E-state index in [-0.39, 0.29) is 17.6 Å². The molecular formula is C15H11N3O3. The van der Waals surface area contributed by atoms with Gasteiger partial charge in [-0.2, -0.15) is 0 Å². The number of nitro groups is 1. The van der Waals surface area contributed by atoms with Gasteiger partial charge in [-0.1, -0.05) is 18.2 Å². The van der Waals surface area contributed by atoms with Crippen LogP contribution in [0.25, 0.3) is 0 Å². The first-order valence-electron chi connectivity index (χ1n) is 6.61. The standard InChI is InChI=1S/C15H11N3O3/c19-15-14-7-9-3-1-2-4-12(9)17(14)13-6-5-10(18(20)21)8-11(13)16-15/h1-6,8,14H,7H2,(H,16,19)/t14-/m0/s1. The summed E-state index contributed by atoms with van der Waals surface area (Å²) in [7, 11) is 0. The highest BCUT2D eigenvalue weighted by Crippen LogP contribution is 2.45. The number of amides is 1. The van der Waals surface area contributed by atoms with E-state index >= 15 is 0 Å². The quantitative estimate of drug-likeness (QED) is 0.644. The first kappa shape index (κ1) is 11.9. The zero-order chi connectivity index (χ0) is 14.6. The molecule has 0 aromatic heterocycles. The van der Waals surface area contributed by atoms with Gasteiger partial charge in [-0.15, -0.1) is 0 Å². The third-order valence-electron chi connectivity index (χ3n) is 3.99. The van der Waals surface area contributed by atoms with E-state index in [4.69, 9.17) is 0 Å². The Morgan fingerprint density at radius 2 is 2.00 bits per heavy atom. The van der Waals surface area contributed by atoms with Crippen molar-refractivity contribution >= 4 is 28.7 Å². The normalized spacial score (nSPS) is 18.6. The van der Waals surface area contributed by atoms with Gasteiger partial charge in [0.25, 0.3) is 5.69 Å². The molecule has 1 amide bonds. The lowest BCUT2D eigenvalue weighted by Crippen LogP contribution is -2.43. The number of carbonyl (C=O) groups is 1. The number of carbonyl (C=O) groups excluding carboxylic acids is 1. The molecule has 0 fully saturated rings. The van der Waals surface area contributed by atoms with E-state index in [1.807, 2.05) is 29.2 Å². The number of nitrogens with zero attached hydrogens (tertiary/aromatic N) is 2. The summed E-state index contributed by atoms with van der Waals surface area (Å²) in [5, 5.41) is 13.7. The van der Waals surface area contributed by atoms with E-state index in [0.29, 0.717) is 12.1 Å². The first-order chi connectivity index (χ1) is 10.1. The lowest BCUT2D eigenvalue weighted by atomic mass is 10.1. The fourth-order valence-corrected chi connectivity index (χ4v) is 3.06. The van der Waals surface area contributed by atoms with Gasteiger partial charge >= 0.3 is 0 Å². The zero-order valence-electron chi connectivity index (χ0n) is 10.9. The number of para-hydroxylation sites is 1. The predicted molar refractivity (Wildman–Crippen MR) is 77.8 cm³/mol. The third-order valence-corrected chi connectivity index (χ3v) is 3.99. The second-order valence-corrected chi connectivity index (χ2v) is 5.17. The Labute approximate surface area is 120 Å². The molecule has 0 radical (unpaired) electrons. The summed E-state index contributed by atoms with van der Waals surface area (Å²) in [4.78, 5) is 24.6. The Hall–Kier alpha value is -2.89. The van der Waals surface area contributed by atoms with Gasteiger partial charge in [0.15, 0.2) is 0 Å². The largest absolute Gasteiger partial charge is 0.327 e. The van der Waals surface area contributed by atoms with Crippen LogP contribution in [0.4, 0.5) is 22.7 Å². The molecule has 0 saturated carbocycles. The monoisotopic (exact) mass is 281 g/mol. The number of rotatable bonds is 1. The van der Waals surface area contributed by atoms with E-state index in [0.717, 1.165) is 16.9 Å². The molecule has 0 aliphatic carbocycles. The van der Waals surface area contributed by atoms with E-state index in [2.05, 4.69) is 5.32 Å². The summed E-state index contributed by atoms with van der Waals surface area (Å²) >= 11 is 0. The zero-order valence-corrected chi connectivity index (χ0v) is 10.9. The molecule has 1 N–H and O–H groups in total. The van der Waals surface area contributed by atoms with E-state index in [1.54, 1.807) is 6.07 Å². The number of fused-ring (bicyclic) bond motifs is 5. The van der Waals surface area contributed by atoms with Crippen LogP contribution in [-0.2, 0) is 11.2 Å². The first-order valence-corrected chi connectivity index (χ1v) is 6.61. The smallest absolute Gasteiger partial charge is 0.271 e. The molecule has 2 aliphatic heterocycles. The lowest BCUT2D eigenvalue weighted by Gasteiger charge is -2.33. The molecule has 0 bridgehead atoms. The summed E-state index contributed by atoms with van der Waals surface area (Å²) in [6.07, 6.45) is 0.651. The molecule has 6 nitrogen and oxygen atoms in total. The topological polar surface area (TPSA) is 75.5 Å². The van der Waals surface area contributed by atoms with Crippen LogP contribution in [0, 0.1) is 10.1 Å². The van der Waals surface area contributed by atoms with Crippen molar-refractivity contribution in [2.45, 2.75) is 12.5 Å². The highest BCUT2D eigenvalue weighted by molar-refractivity contribution is 6.07. The van der Waals surface area contributed by atoms with Crippen LogP contribution in [0.5, 0.6) is 0 Å². The van der Waals surface area contributed by atoms with Gasteiger partial charge in [0.2, 0.25) is 5.91 Å². The van der Waals surface area contributed by atoms with Crippen molar-refractivity contribution in [2.75, 3.05) is 10.2 Å². The van der Waals surface area contributed by atoms with Crippen molar-refractivity contribution in [3.8, 4) is 0 Å². The van der Waals surface area contributed by atoms with Gasteiger partial charge in [0.05, 0.1) is 16.3 Å². The molecule has 104 valence electrons. The third kappa shape index (κ3) is 1.62. The summed E-state index contributed by atoms with van der Waals surface area (Å²) in [5.74, 6) is -0.126. The van der Waals surface area contributed by atoms with E-state index in [1.165, 1.54) is 12.1 Å². The molecule has 0 spiro atoms. The van der Waals surface area contributed by atoms with Crippen molar-refractivity contribution in [3.63, 3.8) is 0 Å². The minimum absolute atomic E-state index is 0.0278. The number of benzene rings is 2. The average molecular weight is 281 g/mol. The van der Waals surface area contributed by atoms with Gasteiger partial charge in [-0.3, -0.25) is 14.9 Å². The Balaban J connectivity index is 1.90. The second-order valence-electron chi connectivity index (χ2n) is 5.17. The van der Waals surface area contributed by atoms with E-state index < -0.39 is 4.92 Å².